The van der Waals surface area contributed by atoms with Crippen LogP contribution < -0.4 is 10.2 Å². The van der Waals surface area contributed by atoms with Crippen molar-refractivity contribution in [3.8, 4) is 0 Å². The molecule has 0 radical (unpaired) electrons. The number of carbonyl (C=O) groups excluding carboxylic acids is 1. The summed E-state index contributed by atoms with van der Waals surface area (Å²) in [5, 5.41) is 14.0. The second-order valence-electron chi connectivity index (χ2n) is 25.2. The molecule has 0 aliphatic carbocycles. The molecule has 0 fully saturated rings. The number of aliphatic hydroxyl groups is 1. The fraction of sp³-hybridized carbons (Fsp3) is 0.847. The quantitative estimate of drug-likeness (QED) is 0.0272. The van der Waals surface area contributed by atoms with Gasteiger partial charge in [0.2, 0.25) is 5.91 Å². The summed E-state index contributed by atoms with van der Waals surface area (Å²) in [5.41, 5.74) is 0. The van der Waals surface area contributed by atoms with Gasteiger partial charge in [0.25, 0.3) is 7.82 Å². The highest BCUT2D eigenvalue weighted by Gasteiger charge is 2.23. The first-order chi connectivity index (χ1) is 39.5. The second kappa shape index (κ2) is 62.7. The lowest BCUT2D eigenvalue weighted by molar-refractivity contribution is -0.870. The van der Waals surface area contributed by atoms with E-state index in [1.165, 1.54) is 257 Å². The minimum atomic E-state index is -4.60. The number of hydrogen-bond donors (Lipinski definition) is 2. The number of unbranched alkanes of at least 4 members (excludes halogenated alkanes) is 44. The molecule has 81 heavy (non-hydrogen) atoms. The van der Waals surface area contributed by atoms with Crippen LogP contribution in [0.4, 0.5) is 0 Å². The van der Waals surface area contributed by atoms with Crippen LogP contribution >= 0.6 is 7.82 Å². The number of nitrogens with zero attached hydrogens (tertiary/aromatic N) is 1. The number of likely N-dealkylation sites (N-methyl/N-ethyl adjacent to an activating group) is 1. The molecule has 0 rings (SSSR count). The van der Waals surface area contributed by atoms with Crippen LogP contribution in [0.3, 0.4) is 0 Å². The summed E-state index contributed by atoms with van der Waals surface area (Å²) in [6, 6.07) is -0.889. The van der Waals surface area contributed by atoms with Gasteiger partial charge < -0.3 is 28.8 Å². The predicted molar refractivity (Wildman–Crippen MR) is 353 cm³/mol. The van der Waals surface area contributed by atoms with Crippen molar-refractivity contribution in [1.29, 1.82) is 0 Å². The SMILES string of the molecule is CC/C=C\C/C=C\C/C=C\C/C=C\CCCCCCCCCCCCCCCCCCCCC(=O)NC(COP(=O)([O-])OCC[N+](C)(C)C)C(O)/C=C/CCCCCCCCCCCCCCCCCCCCCCCCCCCC. The van der Waals surface area contributed by atoms with Crippen LogP contribution in [-0.4, -0.2) is 68.5 Å². The van der Waals surface area contributed by atoms with E-state index in [4.69, 9.17) is 9.05 Å². The van der Waals surface area contributed by atoms with Crippen molar-refractivity contribution in [1.82, 2.24) is 5.32 Å². The zero-order chi connectivity index (χ0) is 59.1. The number of amides is 1. The number of aliphatic hydroxyl groups excluding tert-OH is 1. The standard InChI is InChI=1S/C72H137N2O6P/c1-6-8-10-12-14-16-18-20-22-24-26-28-30-32-34-36-37-38-40-42-44-46-48-50-52-54-56-58-60-62-64-66-72(76)73-70(69-80-81(77,78)79-68-67-74(3,4)5)71(75)65-63-61-59-57-55-53-51-49-47-45-43-41-39-35-33-31-29-27-25-23-21-19-17-15-13-11-9-7-2/h8,10,14,16,20,22,26,28,63,65,70-71,75H,6-7,9,11-13,15,17-19,21,23-25,27,29-62,64,66-69H2,1-5H3,(H-,73,76,77,78)/b10-8-,16-14-,22-20-,28-26-,65-63+. The first-order valence-electron chi connectivity index (χ1n) is 35.2. The van der Waals surface area contributed by atoms with E-state index >= 15 is 0 Å². The van der Waals surface area contributed by atoms with E-state index in [-0.39, 0.29) is 19.1 Å². The molecule has 0 aromatic heterocycles. The molecule has 0 aliphatic heterocycles. The van der Waals surface area contributed by atoms with Crippen LogP contribution in [0.25, 0.3) is 0 Å². The summed E-state index contributed by atoms with van der Waals surface area (Å²) >= 11 is 0. The average molecular weight is 1160 g/mol. The maximum Gasteiger partial charge on any atom is 0.268 e. The van der Waals surface area contributed by atoms with Gasteiger partial charge in [-0.15, -0.1) is 0 Å². The van der Waals surface area contributed by atoms with E-state index in [2.05, 4.69) is 67.8 Å². The van der Waals surface area contributed by atoms with Crippen molar-refractivity contribution in [3.63, 3.8) is 0 Å². The Morgan fingerprint density at radius 2 is 0.753 bits per heavy atom. The Hall–Kier alpha value is -1.80. The Morgan fingerprint density at radius 3 is 1.10 bits per heavy atom. The number of nitrogens with one attached hydrogen (secondary N) is 1. The molecule has 0 saturated carbocycles. The summed E-state index contributed by atoms with van der Waals surface area (Å²) in [6.07, 6.45) is 86.3. The van der Waals surface area contributed by atoms with E-state index < -0.39 is 20.0 Å². The Bertz CT molecular complexity index is 1500. The minimum absolute atomic E-state index is 0.000499. The first kappa shape index (κ1) is 79.2. The lowest BCUT2D eigenvalue weighted by Crippen LogP contribution is -2.45. The topological polar surface area (TPSA) is 108 Å². The van der Waals surface area contributed by atoms with Gasteiger partial charge in [0, 0.05) is 6.42 Å². The highest BCUT2D eigenvalue weighted by Crippen LogP contribution is 2.38. The summed E-state index contributed by atoms with van der Waals surface area (Å²) in [5.74, 6) is -0.192. The Labute approximate surface area is 504 Å². The van der Waals surface area contributed by atoms with E-state index in [0.29, 0.717) is 17.4 Å². The van der Waals surface area contributed by atoms with Gasteiger partial charge in [-0.3, -0.25) is 9.36 Å². The summed E-state index contributed by atoms with van der Waals surface area (Å²) in [4.78, 5) is 25.6. The van der Waals surface area contributed by atoms with E-state index in [1.54, 1.807) is 6.08 Å². The minimum Gasteiger partial charge on any atom is -0.756 e. The van der Waals surface area contributed by atoms with Gasteiger partial charge in [-0.1, -0.05) is 338 Å². The molecule has 0 heterocycles. The van der Waals surface area contributed by atoms with Crippen molar-refractivity contribution in [2.45, 2.75) is 353 Å². The van der Waals surface area contributed by atoms with Crippen LogP contribution in [0, 0.1) is 0 Å². The fourth-order valence-electron chi connectivity index (χ4n) is 10.6. The Kier molecular flexibility index (Phi) is 61.3. The number of quaternary nitrogens is 1. The average Bonchev–Trinajstić information content (AvgIpc) is 3.43. The van der Waals surface area contributed by atoms with Gasteiger partial charge in [-0.25, -0.2) is 0 Å². The monoisotopic (exact) mass is 1160 g/mol. The molecule has 2 N–H and O–H groups in total. The molecular formula is C72H137N2O6P. The second-order valence-corrected chi connectivity index (χ2v) is 26.6. The zero-order valence-electron chi connectivity index (χ0n) is 54.5. The third-order valence-corrected chi connectivity index (χ3v) is 16.9. The number of hydrogen-bond acceptors (Lipinski definition) is 6. The highest BCUT2D eigenvalue weighted by molar-refractivity contribution is 7.45. The lowest BCUT2D eigenvalue weighted by Gasteiger charge is -2.29. The molecule has 0 aromatic rings. The largest absolute Gasteiger partial charge is 0.756 e. The highest BCUT2D eigenvalue weighted by atomic mass is 31.2. The Morgan fingerprint density at radius 1 is 0.444 bits per heavy atom. The fourth-order valence-corrected chi connectivity index (χ4v) is 11.3. The van der Waals surface area contributed by atoms with Crippen molar-refractivity contribution < 1.29 is 32.9 Å². The van der Waals surface area contributed by atoms with E-state index in [0.717, 1.165) is 64.2 Å². The van der Waals surface area contributed by atoms with Crippen molar-refractivity contribution >= 4 is 13.7 Å². The number of rotatable bonds is 65. The molecule has 476 valence electrons. The van der Waals surface area contributed by atoms with E-state index in [9.17, 15) is 19.4 Å². The van der Waals surface area contributed by atoms with Gasteiger partial charge in [0.1, 0.15) is 13.2 Å². The molecule has 0 aliphatic rings. The van der Waals surface area contributed by atoms with Crippen molar-refractivity contribution in [2.75, 3.05) is 40.9 Å². The maximum atomic E-state index is 13.0. The number of phosphoric acid groups is 1. The van der Waals surface area contributed by atoms with Crippen molar-refractivity contribution in [2.24, 2.45) is 0 Å². The molecule has 0 saturated heterocycles. The first-order valence-corrected chi connectivity index (χ1v) is 36.6. The molecule has 3 atom stereocenters. The van der Waals surface area contributed by atoms with Crippen LogP contribution in [-0.2, 0) is 18.4 Å². The van der Waals surface area contributed by atoms with Crippen LogP contribution in [0.2, 0.25) is 0 Å². The van der Waals surface area contributed by atoms with Gasteiger partial charge in [0.05, 0.1) is 39.9 Å². The molecule has 0 aromatic carbocycles. The molecule has 3 unspecified atom stereocenters. The lowest BCUT2D eigenvalue weighted by atomic mass is 10.0. The predicted octanol–water partition coefficient (Wildman–Crippen LogP) is 21.8. The zero-order valence-corrected chi connectivity index (χ0v) is 55.4. The van der Waals surface area contributed by atoms with Gasteiger partial charge >= 0.3 is 0 Å². The third kappa shape index (κ3) is 65.6. The molecule has 1 amide bonds. The summed E-state index contributed by atoms with van der Waals surface area (Å²) in [7, 11) is 1.27. The number of carbonyl (C=O) groups is 1. The van der Waals surface area contributed by atoms with Crippen molar-refractivity contribution in [3.05, 3.63) is 60.8 Å². The summed E-state index contributed by atoms with van der Waals surface area (Å²) in [6.45, 7) is 4.59. The van der Waals surface area contributed by atoms with Gasteiger partial charge in [-0.2, -0.15) is 0 Å². The molecule has 9 heteroatoms. The van der Waals surface area contributed by atoms with Crippen LogP contribution in [0.1, 0.15) is 341 Å². The molecule has 0 bridgehead atoms. The third-order valence-electron chi connectivity index (χ3n) is 16.0. The van der Waals surface area contributed by atoms with Crippen LogP contribution in [0.5, 0.6) is 0 Å². The number of allylic oxidation sites excluding steroid dienone is 9. The molecule has 0 spiro atoms. The molecule has 8 nitrogen and oxygen atoms in total. The maximum absolute atomic E-state index is 13.0. The van der Waals surface area contributed by atoms with E-state index in [1.807, 2.05) is 27.2 Å². The Balaban J connectivity index is 4.05. The number of phosphoric ester groups is 1. The molecular weight excluding hydrogens is 1020 g/mol. The van der Waals surface area contributed by atoms with Crippen LogP contribution in [0.15, 0.2) is 60.8 Å². The van der Waals surface area contributed by atoms with Gasteiger partial charge in [0.15, 0.2) is 0 Å². The normalized spacial score (nSPS) is 14.0. The van der Waals surface area contributed by atoms with Gasteiger partial charge in [-0.05, 0) is 57.8 Å². The summed E-state index contributed by atoms with van der Waals surface area (Å²) < 4.78 is 23.5. The smallest absolute Gasteiger partial charge is 0.268 e.